The molecule has 0 aromatic heterocycles. The number of nitrogens with two attached hydrogens (primary N) is 1. The summed E-state index contributed by atoms with van der Waals surface area (Å²) in [5, 5.41) is 14.7. The van der Waals surface area contributed by atoms with Gasteiger partial charge in [-0.15, -0.1) is 0 Å². The third-order valence-electron chi connectivity index (χ3n) is 5.15. The average Bonchev–Trinajstić information content (AvgIpc) is 2.73. The predicted octanol–water partition coefficient (Wildman–Crippen LogP) is 2.41. The molecule has 2 aromatic carbocycles. The van der Waals surface area contributed by atoms with Crippen molar-refractivity contribution in [2.45, 2.75) is 38.3 Å². The molecule has 0 spiro atoms. The number of ether oxygens (including phenoxy) is 1. The summed E-state index contributed by atoms with van der Waals surface area (Å²) in [5.74, 6) is -0.527. The molecule has 1 aliphatic rings. The number of nitrogen functional groups attached to an aromatic ring is 1. The second-order valence-electron chi connectivity index (χ2n) is 7.83. The summed E-state index contributed by atoms with van der Waals surface area (Å²) >= 11 is 0. The van der Waals surface area contributed by atoms with E-state index in [0.717, 1.165) is 47.2 Å². The van der Waals surface area contributed by atoms with E-state index in [4.69, 9.17) is 10.5 Å². The molecule has 6 N–H and O–H groups in total. The minimum absolute atomic E-state index is 0.0567. The fourth-order valence-corrected chi connectivity index (χ4v) is 3.59. The predicted molar refractivity (Wildman–Crippen MR) is 120 cm³/mol. The van der Waals surface area contributed by atoms with Crippen LogP contribution in [0.25, 0.3) is 10.8 Å². The number of carbonyl (C=O) groups excluding carboxylic acids is 2. The number of hydrogen-bond acceptors (Lipinski definition) is 7. The molecule has 0 radical (unpaired) electrons. The lowest BCUT2D eigenvalue weighted by atomic mass is 9.99. The largest absolute Gasteiger partial charge is 0.461 e. The zero-order valence-corrected chi connectivity index (χ0v) is 17.6. The van der Waals surface area contributed by atoms with Crippen LogP contribution in [0, 0.1) is 0 Å². The highest BCUT2D eigenvalue weighted by molar-refractivity contribution is 6.09. The molecule has 1 aliphatic heterocycles. The Bertz CT molecular complexity index is 903. The van der Waals surface area contributed by atoms with Gasteiger partial charge in [0.25, 0.3) is 0 Å². The summed E-state index contributed by atoms with van der Waals surface area (Å²) < 4.78 is 5.45. The van der Waals surface area contributed by atoms with Crippen molar-refractivity contribution in [2.24, 2.45) is 0 Å². The Morgan fingerprint density at radius 1 is 1.07 bits per heavy atom. The Morgan fingerprint density at radius 3 is 2.57 bits per heavy atom. The minimum Gasteiger partial charge on any atom is -0.461 e. The number of anilines is 3. The number of benzene rings is 2. The van der Waals surface area contributed by atoms with Crippen molar-refractivity contribution in [1.82, 2.24) is 10.6 Å². The third-order valence-corrected chi connectivity index (χ3v) is 5.15. The number of unbranched alkanes of at least 4 members (excludes halogenated alkanes) is 1. The number of amides is 1. The first-order chi connectivity index (χ1) is 14.4. The normalized spacial score (nSPS) is 17.1. The standard InChI is InChI=1S/C22H31N5O3/c1-22(14-30-20(29)11-10-19(28)25-13-4-3-12-24-2)26-17-7-5-6-15-16(23)8-9-18(27-22)21(15)17/h5-9,24,26-27H,3-4,10-14,23H2,1-2H3,(H,25,28). The van der Waals surface area contributed by atoms with Crippen LogP contribution in [0.3, 0.4) is 0 Å². The van der Waals surface area contributed by atoms with Gasteiger partial charge in [0.2, 0.25) is 5.91 Å². The van der Waals surface area contributed by atoms with E-state index in [-0.39, 0.29) is 25.4 Å². The second-order valence-corrected chi connectivity index (χ2v) is 7.83. The highest BCUT2D eigenvalue weighted by Crippen LogP contribution is 2.39. The van der Waals surface area contributed by atoms with Crippen molar-refractivity contribution in [3.63, 3.8) is 0 Å². The first kappa shape index (κ1) is 21.7. The molecule has 0 fully saturated rings. The van der Waals surface area contributed by atoms with Gasteiger partial charge < -0.3 is 31.7 Å². The van der Waals surface area contributed by atoms with Crippen LogP contribution < -0.4 is 27.0 Å². The Hall–Kier alpha value is -3.00. The van der Waals surface area contributed by atoms with E-state index < -0.39 is 11.6 Å². The van der Waals surface area contributed by atoms with Crippen LogP contribution in [-0.4, -0.2) is 44.3 Å². The van der Waals surface area contributed by atoms with Crippen molar-refractivity contribution in [3.05, 3.63) is 30.3 Å². The molecule has 0 saturated carbocycles. The third kappa shape index (κ3) is 5.33. The summed E-state index contributed by atoms with van der Waals surface area (Å²) in [6.45, 7) is 3.60. The van der Waals surface area contributed by atoms with Crippen LogP contribution in [0.1, 0.15) is 32.6 Å². The van der Waals surface area contributed by atoms with E-state index in [9.17, 15) is 9.59 Å². The van der Waals surface area contributed by atoms with Crippen LogP contribution in [0.4, 0.5) is 17.1 Å². The molecule has 8 nitrogen and oxygen atoms in total. The molecule has 8 heteroatoms. The van der Waals surface area contributed by atoms with E-state index in [1.807, 2.05) is 44.3 Å². The first-order valence-corrected chi connectivity index (χ1v) is 10.4. The molecule has 3 rings (SSSR count). The van der Waals surface area contributed by atoms with Crippen LogP contribution in [-0.2, 0) is 14.3 Å². The molecule has 2 aromatic rings. The van der Waals surface area contributed by atoms with Gasteiger partial charge in [-0.05, 0) is 51.6 Å². The summed E-state index contributed by atoms with van der Waals surface area (Å²) in [5.41, 5.74) is 8.01. The lowest BCUT2D eigenvalue weighted by Crippen LogP contribution is -2.49. The van der Waals surface area contributed by atoms with E-state index in [1.54, 1.807) is 0 Å². The topological polar surface area (TPSA) is 118 Å². The van der Waals surface area contributed by atoms with E-state index >= 15 is 0 Å². The summed E-state index contributed by atoms with van der Waals surface area (Å²) in [7, 11) is 1.90. The average molecular weight is 414 g/mol. The van der Waals surface area contributed by atoms with Crippen LogP contribution in [0.2, 0.25) is 0 Å². The number of rotatable bonds is 10. The highest BCUT2D eigenvalue weighted by atomic mass is 16.5. The molecule has 1 heterocycles. The van der Waals surface area contributed by atoms with Gasteiger partial charge in [0.15, 0.2) is 0 Å². The van der Waals surface area contributed by atoms with Gasteiger partial charge in [-0.25, -0.2) is 0 Å². The minimum atomic E-state index is -0.664. The summed E-state index contributed by atoms with van der Waals surface area (Å²) in [6.07, 6.45) is 2.10. The highest BCUT2D eigenvalue weighted by Gasteiger charge is 2.31. The maximum atomic E-state index is 12.1. The van der Waals surface area contributed by atoms with Gasteiger partial charge in [0.1, 0.15) is 12.3 Å². The Balaban J connectivity index is 1.47. The van der Waals surface area contributed by atoms with Crippen molar-refractivity contribution < 1.29 is 14.3 Å². The molecule has 1 atom stereocenters. The molecule has 162 valence electrons. The fourth-order valence-electron chi connectivity index (χ4n) is 3.59. The summed E-state index contributed by atoms with van der Waals surface area (Å²) in [6, 6.07) is 9.70. The number of nitrogens with one attached hydrogen (secondary N) is 4. The zero-order valence-electron chi connectivity index (χ0n) is 17.6. The van der Waals surface area contributed by atoms with Crippen molar-refractivity contribution >= 4 is 39.7 Å². The molecule has 0 saturated heterocycles. The molecule has 1 amide bonds. The maximum absolute atomic E-state index is 12.1. The van der Waals surface area contributed by atoms with E-state index in [2.05, 4.69) is 21.3 Å². The Labute approximate surface area is 176 Å². The van der Waals surface area contributed by atoms with Gasteiger partial charge in [-0.1, -0.05) is 12.1 Å². The van der Waals surface area contributed by atoms with Gasteiger partial charge in [-0.3, -0.25) is 9.59 Å². The quantitative estimate of drug-likeness (QED) is 0.231. The first-order valence-electron chi connectivity index (χ1n) is 10.4. The monoisotopic (exact) mass is 413 g/mol. The molecular formula is C22H31N5O3. The molecule has 1 unspecified atom stereocenters. The fraction of sp³-hybridized carbons (Fsp3) is 0.455. The number of carbonyl (C=O) groups is 2. The lowest BCUT2D eigenvalue weighted by molar-refractivity contribution is -0.146. The van der Waals surface area contributed by atoms with E-state index in [1.165, 1.54) is 0 Å². The Morgan fingerprint density at radius 2 is 1.80 bits per heavy atom. The van der Waals surface area contributed by atoms with Gasteiger partial charge in [0, 0.05) is 40.8 Å². The van der Waals surface area contributed by atoms with Crippen LogP contribution >= 0.6 is 0 Å². The lowest BCUT2D eigenvalue weighted by Gasteiger charge is -2.38. The van der Waals surface area contributed by atoms with Crippen molar-refractivity contribution in [1.29, 1.82) is 0 Å². The van der Waals surface area contributed by atoms with Crippen LogP contribution in [0.5, 0.6) is 0 Å². The maximum Gasteiger partial charge on any atom is 0.306 e. The zero-order chi connectivity index (χ0) is 21.6. The second kappa shape index (κ2) is 9.67. The van der Waals surface area contributed by atoms with E-state index in [0.29, 0.717) is 6.54 Å². The van der Waals surface area contributed by atoms with Crippen molar-refractivity contribution in [3.8, 4) is 0 Å². The van der Waals surface area contributed by atoms with Crippen LogP contribution in [0.15, 0.2) is 30.3 Å². The Kier molecular flexibility index (Phi) is 6.99. The molecular weight excluding hydrogens is 382 g/mol. The smallest absolute Gasteiger partial charge is 0.306 e. The molecule has 0 bridgehead atoms. The van der Waals surface area contributed by atoms with Crippen molar-refractivity contribution in [2.75, 3.05) is 43.1 Å². The molecule has 0 aliphatic carbocycles. The van der Waals surface area contributed by atoms with Gasteiger partial charge in [0.05, 0.1) is 6.42 Å². The SMILES string of the molecule is CNCCCCNC(=O)CCC(=O)OCC1(C)Nc2cccc3c(N)ccc(c23)N1. The number of esters is 1. The number of hydrogen-bond donors (Lipinski definition) is 5. The van der Waals surface area contributed by atoms with Gasteiger partial charge in [-0.2, -0.15) is 0 Å². The van der Waals surface area contributed by atoms with Gasteiger partial charge >= 0.3 is 5.97 Å². The molecule has 30 heavy (non-hydrogen) atoms. The summed E-state index contributed by atoms with van der Waals surface area (Å²) in [4.78, 5) is 24.0.